The molecule has 0 saturated heterocycles. The van der Waals surface area contributed by atoms with Crippen LogP contribution in [-0.4, -0.2) is 39.4 Å². The molecule has 2 unspecified atom stereocenters. The summed E-state index contributed by atoms with van der Waals surface area (Å²) < 4.78 is 47.3. The van der Waals surface area contributed by atoms with Crippen molar-refractivity contribution in [3.05, 3.63) is 96.1 Å². The molecule has 2 atom stereocenters. The van der Waals surface area contributed by atoms with Gasteiger partial charge >= 0.3 is 0 Å². The Morgan fingerprint density at radius 2 is 1.27 bits per heavy atom. The maximum atomic E-state index is 13.4. The summed E-state index contributed by atoms with van der Waals surface area (Å²) in [5.41, 5.74) is 7.62. The predicted molar refractivity (Wildman–Crippen MR) is 160 cm³/mol. The first-order chi connectivity index (χ1) is 18.9. The van der Waals surface area contributed by atoms with Gasteiger partial charge in [0, 0.05) is 13.0 Å². The van der Waals surface area contributed by atoms with E-state index in [1.54, 1.807) is 24.3 Å². The Balaban J connectivity index is 1.60. The van der Waals surface area contributed by atoms with Crippen LogP contribution in [0.1, 0.15) is 70.7 Å². The SMILES string of the molecule is CCOC(C)(C)CCOC(C)(C)CCOc1ccc(S(=O)(=O)NC(c2ccccc2)C(N)c2ccccc2)cc1. The molecule has 0 aliphatic heterocycles. The summed E-state index contributed by atoms with van der Waals surface area (Å²) in [5, 5.41) is 0. The van der Waals surface area contributed by atoms with Gasteiger partial charge in [0.15, 0.2) is 0 Å². The van der Waals surface area contributed by atoms with Crippen LogP contribution < -0.4 is 15.2 Å². The number of hydrogen-bond donors (Lipinski definition) is 2. The summed E-state index contributed by atoms with van der Waals surface area (Å²) in [6.07, 6.45) is 1.48. The van der Waals surface area contributed by atoms with E-state index in [2.05, 4.69) is 18.6 Å². The van der Waals surface area contributed by atoms with Crippen molar-refractivity contribution < 1.29 is 22.6 Å². The Kier molecular flexibility index (Phi) is 11.3. The second-order valence-electron chi connectivity index (χ2n) is 11.1. The van der Waals surface area contributed by atoms with Crippen LogP contribution in [0.3, 0.4) is 0 Å². The van der Waals surface area contributed by atoms with Gasteiger partial charge in [-0.15, -0.1) is 0 Å². The fourth-order valence-electron chi connectivity index (χ4n) is 4.35. The highest BCUT2D eigenvalue weighted by atomic mass is 32.2. The summed E-state index contributed by atoms with van der Waals surface area (Å²) in [6, 6.07) is 24.1. The second kappa shape index (κ2) is 14.2. The van der Waals surface area contributed by atoms with Crippen molar-refractivity contribution >= 4 is 10.0 Å². The van der Waals surface area contributed by atoms with E-state index < -0.39 is 22.1 Å². The van der Waals surface area contributed by atoms with Crippen LogP contribution in [0.15, 0.2) is 89.8 Å². The Morgan fingerprint density at radius 1 is 0.750 bits per heavy atom. The van der Waals surface area contributed by atoms with Gasteiger partial charge < -0.3 is 19.9 Å². The predicted octanol–water partition coefficient (Wildman–Crippen LogP) is 6.18. The molecule has 40 heavy (non-hydrogen) atoms. The van der Waals surface area contributed by atoms with E-state index >= 15 is 0 Å². The van der Waals surface area contributed by atoms with E-state index in [1.807, 2.05) is 81.4 Å². The molecule has 3 aromatic carbocycles. The molecule has 3 rings (SSSR count). The van der Waals surface area contributed by atoms with Crippen molar-refractivity contribution in [1.29, 1.82) is 0 Å². The third-order valence-corrected chi connectivity index (χ3v) is 8.28. The zero-order chi connectivity index (χ0) is 29.2. The highest BCUT2D eigenvalue weighted by Crippen LogP contribution is 2.29. The highest BCUT2D eigenvalue weighted by Gasteiger charge is 2.28. The van der Waals surface area contributed by atoms with Crippen molar-refractivity contribution in [1.82, 2.24) is 4.72 Å². The minimum absolute atomic E-state index is 0.140. The van der Waals surface area contributed by atoms with Crippen molar-refractivity contribution in [3.63, 3.8) is 0 Å². The largest absolute Gasteiger partial charge is 0.493 e. The fourth-order valence-corrected chi connectivity index (χ4v) is 5.60. The third kappa shape index (κ3) is 9.71. The lowest BCUT2D eigenvalue weighted by Gasteiger charge is -2.29. The van der Waals surface area contributed by atoms with E-state index in [4.69, 9.17) is 19.9 Å². The molecule has 0 aliphatic carbocycles. The lowest BCUT2D eigenvalue weighted by atomic mass is 9.95. The maximum Gasteiger partial charge on any atom is 0.241 e. The van der Waals surface area contributed by atoms with E-state index in [-0.39, 0.29) is 16.1 Å². The molecule has 8 heteroatoms. The first-order valence-corrected chi connectivity index (χ1v) is 15.3. The van der Waals surface area contributed by atoms with E-state index in [0.717, 1.165) is 17.5 Å². The molecule has 0 saturated carbocycles. The second-order valence-corrected chi connectivity index (χ2v) is 12.8. The molecular formula is C32H44N2O5S. The zero-order valence-electron chi connectivity index (χ0n) is 24.3. The van der Waals surface area contributed by atoms with Crippen LogP contribution in [0.5, 0.6) is 5.75 Å². The summed E-state index contributed by atoms with van der Waals surface area (Å²) in [7, 11) is -3.86. The van der Waals surface area contributed by atoms with E-state index in [9.17, 15) is 8.42 Å². The number of rotatable bonds is 16. The minimum Gasteiger partial charge on any atom is -0.493 e. The standard InChI is InChI=1S/C32H44N2O5S/c1-6-38-31(2,3)22-24-39-32(4,5)21-23-37-27-17-19-28(20-18-27)40(35,36)34-30(26-15-11-8-12-16-26)29(33)25-13-9-7-10-14-25/h7-20,29-30,34H,6,21-24,33H2,1-5H3. The van der Waals surface area contributed by atoms with Crippen LogP contribution in [0.4, 0.5) is 0 Å². The van der Waals surface area contributed by atoms with E-state index in [0.29, 0.717) is 32.0 Å². The highest BCUT2D eigenvalue weighted by molar-refractivity contribution is 7.89. The fraction of sp³-hybridized carbons (Fsp3) is 0.438. The molecular weight excluding hydrogens is 524 g/mol. The van der Waals surface area contributed by atoms with Gasteiger partial charge in [0.1, 0.15) is 5.75 Å². The summed E-state index contributed by atoms with van der Waals surface area (Å²) in [4.78, 5) is 0.140. The van der Waals surface area contributed by atoms with E-state index in [1.165, 1.54) is 0 Å². The summed E-state index contributed by atoms with van der Waals surface area (Å²) >= 11 is 0. The summed E-state index contributed by atoms with van der Waals surface area (Å²) in [6.45, 7) is 11.9. The van der Waals surface area contributed by atoms with Gasteiger partial charge in [-0.05, 0) is 76.4 Å². The lowest BCUT2D eigenvalue weighted by Crippen LogP contribution is -2.36. The quantitative estimate of drug-likeness (QED) is 0.214. The molecule has 0 aromatic heterocycles. The normalized spacial score (nSPS) is 14.1. The Bertz CT molecular complexity index is 1260. The number of nitrogens with one attached hydrogen (secondary N) is 1. The monoisotopic (exact) mass is 568 g/mol. The van der Waals surface area contributed by atoms with Crippen LogP contribution in [0.2, 0.25) is 0 Å². The number of ether oxygens (including phenoxy) is 3. The molecule has 218 valence electrons. The molecule has 3 aromatic rings. The van der Waals surface area contributed by atoms with Crippen LogP contribution in [0, 0.1) is 0 Å². The van der Waals surface area contributed by atoms with Crippen molar-refractivity contribution in [3.8, 4) is 5.75 Å². The Hall–Kier alpha value is -2.75. The van der Waals surface area contributed by atoms with Gasteiger partial charge in [-0.3, -0.25) is 0 Å². The van der Waals surface area contributed by atoms with Crippen LogP contribution >= 0.6 is 0 Å². The molecule has 3 N–H and O–H groups in total. The molecule has 0 amide bonds. The molecule has 0 aliphatic rings. The van der Waals surface area contributed by atoms with Crippen molar-refractivity contribution in [2.75, 3.05) is 19.8 Å². The summed E-state index contributed by atoms with van der Waals surface area (Å²) in [5.74, 6) is 0.591. The first kappa shape index (κ1) is 31.8. The Morgan fingerprint density at radius 3 is 1.85 bits per heavy atom. The third-order valence-electron chi connectivity index (χ3n) is 6.82. The molecule has 0 fully saturated rings. The van der Waals surface area contributed by atoms with Crippen LogP contribution in [-0.2, 0) is 19.5 Å². The van der Waals surface area contributed by atoms with Crippen LogP contribution in [0.25, 0.3) is 0 Å². The number of sulfonamides is 1. The van der Waals surface area contributed by atoms with Gasteiger partial charge in [0.05, 0.1) is 41.4 Å². The van der Waals surface area contributed by atoms with Crippen molar-refractivity contribution in [2.24, 2.45) is 5.73 Å². The smallest absolute Gasteiger partial charge is 0.241 e. The van der Waals surface area contributed by atoms with Gasteiger partial charge in [-0.2, -0.15) is 0 Å². The molecule has 0 heterocycles. The van der Waals surface area contributed by atoms with Gasteiger partial charge in [0.25, 0.3) is 0 Å². The van der Waals surface area contributed by atoms with Gasteiger partial charge in [-0.1, -0.05) is 60.7 Å². The number of benzene rings is 3. The molecule has 0 bridgehead atoms. The topological polar surface area (TPSA) is 99.9 Å². The molecule has 0 radical (unpaired) electrons. The average molecular weight is 569 g/mol. The minimum atomic E-state index is -3.86. The maximum absolute atomic E-state index is 13.4. The average Bonchev–Trinajstić information content (AvgIpc) is 2.92. The lowest BCUT2D eigenvalue weighted by molar-refractivity contribution is -0.0742. The molecule has 7 nitrogen and oxygen atoms in total. The van der Waals surface area contributed by atoms with Gasteiger partial charge in [0.2, 0.25) is 10.0 Å². The van der Waals surface area contributed by atoms with Gasteiger partial charge in [-0.25, -0.2) is 13.1 Å². The Labute approximate surface area is 240 Å². The zero-order valence-corrected chi connectivity index (χ0v) is 25.1. The number of nitrogens with two attached hydrogens (primary N) is 1. The molecule has 0 spiro atoms. The first-order valence-electron chi connectivity index (χ1n) is 13.8. The number of hydrogen-bond acceptors (Lipinski definition) is 6. The van der Waals surface area contributed by atoms with Crippen molar-refractivity contribution in [2.45, 2.75) is 75.6 Å².